The van der Waals surface area contributed by atoms with E-state index in [0.717, 1.165) is 30.3 Å². The Labute approximate surface area is 164 Å². The molecule has 27 heavy (non-hydrogen) atoms. The molecule has 1 aliphatic heterocycles. The molecule has 0 radical (unpaired) electrons. The standard InChI is InChI=1S/C25H33NO/c1-2-22-16-19-26(20-17-22)18-8-9-21-27-25-13-7-6-12-24(25)15-14-23-10-4-3-5-11-23/h3-7,10-15,22H,2,8-9,16-21H2,1H3/b15-14+. The SMILES string of the molecule is CCC1CCN(CCCCOc2ccccc2/C=C/c2ccccc2)CC1. The number of piperidine rings is 1. The summed E-state index contributed by atoms with van der Waals surface area (Å²) in [5, 5.41) is 0. The first-order valence-corrected chi connectivity index (χ1v) is 10.5. The van der Waals surface area contributed by atoms with Gasteiger partial charge < -0.3 is 9.64 Å². The monoisotopic (exact) mass is 363 g/mol. The Kier molecular flexibility index (Phi) is 7.98. The summed E-state index contributed by atoms with van der Waals surface area (Å²) >= 11 is 0. The van der Waals surface area contributed by atoms with Crippen LogP contribution in [0.25, 0.3) is 12.2 Å². The lowest BCUT2D eigenvalue weighted by Gasteiger charge is -2.31. The van der Waals surface area contributed by atoms with Gasteiger partial charge in [-0.05, 0) is 62.9 Å². The second-order valence-electron chi connectivity index (χ2n) is 7.53. The van der Waals surface area contributed by atoms with Gasteiger partial charge in [0, 0.05) is 5.56 Å². The highest BCUT2D eigenvalue weighted by molar-refractivity contribution is 5.72. The first-order valence-electron chi connectivity index (χ1n) is 10.5. The van der Waals surface area contributed by atoms with Crippen LogP contribution < -0.4 is 4.74 Å². The molecule has 1 saturated heterocycles. The molecule has 3 rings (SSSR count). The van der Waals surface area contributed by atoms with Crippen molar-refractivity contribution in [2.75, 3.05) is 26.2 Å². The van der Waals surface area contributed by atoms with Gasteiger partial charge in [0.1, 0.15) is 5.75 Å². The van der Waals surface area contributed by atoms with E-state index in [0.29, 0.717) is 0 Å². The average molecular weight is 364 g/mol. The van der Waals surface area contributed by atoms with E-state index < -0.39 is 0 Å². The first kappa shape index (κ1) is 19.7. The summed E-state index contributed by atoms with van der Waals surface area (Å²) in [7, 11) is 0. The van der Waals surface area contributed by atoms with E-state index in [1.807, 2.05) is 12.1 Å². The van der Waals surface area contributed by atoms with Crippen LogP contribution in [0.15, 0.2) is 54.6 Å². The van der Waals surface area contributed by atoms with E-state index in [9.17, 15) is 0 Å². The number of hydrogen-bond donors (Lipinski definition) is 0. The van der Waals surface area contributed by atoms with E-state index in [2.05, 4.69) is 66.4 Å². The van der Waals surface area contributed by atoms with Crippen molar-refractivity contribution in [3.05, 3.63) is 65.7 Å². The van der Waals surface area contributed by atoms with Crippen LogP contribution >= 0.6 is 0 Å². The van der Waals surface area contributed by atoms with Crippen LogP contribution in [0.5, 0.6) is 5.75 Å². The Bertz CT molecular complexity index is 686. The van der Waals surface area contributed by atoms with E-state index in [-0.39, 0.29) is 0 Å². The highest BCUT2D eigenvalue weighted by atomic mass is 16.5. The molecular weight excluding hydrogens is 330 g/mol. The molecule has 0 unspecified atom stereocenters. The molecule has 1 heterocycles. The maximum atomic E-state index is 6.08. The van der Waals surface area contributed by atoms with Crippen molar-refractivity contribution in [3.63, 3.8) is 0 Å². The van der Waals surface area contributed by atoms with Crippen LogP contribution in [-0.2, 0) is 0 Å². The van der Waals surface area contributed by atoms with Crippen molar-refractivity contribution in [2.45, 2.75) is 39.0 Å². The quantitative estimate of drug-likeness (QED) is 0.392. The van der Waals surface area contributed by atoms with Crippen molar-refractivity contribution in [1.29, 1.82) is 0 Å². The predicted molar refractivity (Wildman–Crippen MR) is 116 cm³/mol. The molecule has 1 fully saturated rings. The molecule has 0 aliphatic carbocycles. The summed E-state index contributed by atoms with van der Waals surface area (Å²) < 4.78 is 6.08. The summed E-state index contributed by atoms with van der Waals surface area (Å²) in [6.45, 7) is 6.90. The van der Waals surface area contributed by atoms with Crippen molar-refractivity contribution < 1.29 is 4.74 Å². The third-order valence-electron chi connectivity index (χ3n) is 5.58. The number of unbranched alkanes of at least 4 members (excludes halogenated alkanes) is 1. The van der Waals surface area contributed by atoms with Gasteiger partial charge in [-0.2, -0.15) is 0 Å². The second kappa shape index (κ2) is 10.9. The highest BCUT2D eigenvalue weighted by Crippen LogP contribution is 2.22. The second-order valence-corrected chi connectivity index (χ2v) is 7.53. The van der Waals surface area contributed by atoms with E-state index >= 15 is 0 Å². The summed E-state index contributed by atoms with van der Waals surface area (Å²) in [5.41, 5.74) is 2.35. The molecular formula is C25H33NO. The smallest absolute Gasteiger partial charge is 0.126 e. The number of nitrogens with zero attached hydrogens (tertiary/aromatic N) is 1. The Morgan fingerprint density at radius 3 is 2.44 bits per heavy atom. The van der Waals surface area contributed by atoms with Crippen LogP contribution in [0, 0.1) is 5.92 Å². The lowest BCUT2D eigenvalue weighted by molar-refractivity contribution is 0.175. The summed E-state index contributed by atoms with van der Waals surface area (Å²) in [6.07, 6.45) is 10.7. The first-order chi connectivity index (χ1) is 13.3. The molecule has 0 aromatic heterocycles. The lowest BCUT2D eigenvalue weighted by atomic mass is 9.94. The maximum absolute atomic E-state index is 6.08. The third kappa shape index (κ3) is 6.55. The third-order valence-corrected chi connectivity index (χ3v) is 5.58. The zero-order valence-corrected chi connectivity index (χ0v) is 16.6. The molecule has 0 spiro atoms. The van der Waals surface area contributed by atoms with E-state index in [1.54, 1.807) is 0 Å². The summed E-state index contributed by atoms with van der Waals surface area (Å²) in [4.78, 5) is 2.63. The molecule has 2 aromatic carbocycles. The number of hydrogen-bond acceptors (Lipinski definition) is 2. The van der Waals surface area contributed by atoms with Crippen LogP contribution in [0.2, 0.25) is 0 Å². The van der Waals surface area contributed by atoms with Gasteiger partial charge in [-0.1, -0.05) is 74.0 Å². The van der Waals surface area contributed by atoms with Gasteiger partial charge in [0.05, 0.1) is 6.61 Å². The fourth-order valence-corrected chi connectivity index (χ4v) is 3.74. The van der Waals surface area contributed by atoms with Gasteiger partial charge in [0.2, 0.25) is 0 Å². The van der Waals surface area contributed by atoms with Crippen molar-refractivity contribution in [2.24, 2.45) is 5.92 Å². The lowest BCUT2D eigenvalue weighted by Crippen LogP contribution is -2.34. The minimum Gasteiger partial charge on any atom is -0.493 e. The number of likely N-dealkylation sites (tertiary alicyclic amines) is 1. The number of para-hydroxylation sites is 1. The molecule has 0 atom stereocenters. The largest absolute Gasteiger partial charge is 0.493 e. The van der Waals surface area contributed by atoms with Crippen LogP contribution in [-0.4, -0.2) is 31.1 Å². The van der Waals surface area contributed by atoms with Crippen molar-refractivity contribution >= 4 is 12.2 Å². The van der Waals surface area contributed by atoms with E-state index in [1.165, 1.54) is 50.9 Å². The van der Waals surface area contributed by atoms with Crippen LogP contribution in [0.4, 0.5) is 0 Å². The Morgan fingerprint density at radius 2 is 1.67 bits per heavy atom. The Balaban J connectivity index is 1.40. The van der Waals surface area contributed by atoms with Crippen LogP contribution in [0.3, 0.4) is 0 Å². The molecule has 0 saturated carbocycles. The molecule has 0 N–H and O–H groups in total. The van der Waals surface area contributed by atoms with Gasteiger partial charge in [0.15, 0.2) is 0 Å². The van der Waals surface area contributed by atoms with Gasteiger partial charge in [-0.25, -0.2) is 0 Å². The predicted octanol–water partition coefficient (Wildman–Crippen LogP) is 6.14. The fraction of sp³-hybridized carbons (Fsp3) is 0.440. The molecule has 2 aromatic rings. The zero-order valence-electron chi connectivity index (χ0n) is 16.6. The topological polar surface area (TPSA) is 12.5 Å². The molecule has 2 heteroatoms. The zero-order chi connectivity index (χ0) is 18.7. The molecule has 144 valence electrons. The molecule has 0 amide bonds. The normalized spacial score (nSPS) is 16.0. The molecule has 1 aliphatic rings. The number of benzene rings is 2. The van der Waals surface area contributed by atoms with Gasteiger partial charge in [0.25, 0.3) is 0 Å². The molecule has 0 bridgehead atoms. The average Bonchev–Trinajstić information content (AvgIpc) is 2.74. The number of ether oxygens (including phenoxy) is 1. The van der Waals surface area contributed by atoms with Gasteiger partial charge in [-0.3, -0.25) is 0 Å². The highest BCUT2D eigenvalue weighted by Gasteiger charge is 2.16. The number of rotatable bonds is 9. The fourth-order valence-electron chi connectivity index (χ4n) is 3.74. The molecule has 2 nitrogen and oxygen atoms in total. The summed E-state index contributed by atoms with van der Waals surface area (Å²) in [5.74, 6) is 1.94. The van der Waals surface area contributed by atoms with Gasteiger partial charge >= 0.3 is 0 Å². The van der Waals surface area contributed by atoms with Gasteiger partial charge in [-0.15, -0.1) is 0 Å². The minimum absolute atomic E-state index is 0.793. The van der Waals surface area contributed by atoms with E-state index in [4.69, 9.17) is 4.74 Å². The Hall–Kier alpha value is -2.06. The van der Waals surface area contributed by atoms with Crippen LogP contribution in [0.1, 0.15) is 50.2 Å². The minimum atomic E-state index is 0.793. The Morgan fingerprint density at radius 1 is 0.926 bits per heavy atom. The van der Waals surface area contributed by atoms with Crippen molar-refractivity contribution in [1.82, 2.24) is 4.90 Å². The maximum Gasteiger partial charge on any atom is 0.126 e. The summed E-state index contributed by atoms with van der Waals surface area (Å²) in [6, 6.07) is 18.7. The van der Waals surface area contributed by atoms with Crippen molar-refractivity contribution in [3.8, 4) is 5.75 Å².